The molecule has 18 heavy (non-hydrogen) atoms. The normalized spacial score (nSPS) is 45.9. The molecule has 0 saturated heterocycles. The number of carboxylic acid groups (broad SMARTS) is 1. The third kappa shape index (κ3) is 2.26. The third-order valence-corrected chi connectivity index (χ3v) is 3.08. The Balaban J connectivity index is 3.19. The van der Waals surface area contributed by atoms with Gasteiger partial charge in [0, 0.05) is 5.57 Å². The molecule has 1 fully saturated rings. The summed E-state index contributed by atoms with van der Waals surface area (Å²) in [5.74, 6) is -1.40. The van der Waals surface area contributed by atoms with Gasteiger partial charge in [-0.2, -0.15) is 0 Å². The number of carboxylic acids is 1. The molecule has 0 heterocycles. The second-order valence-corrected chi connectivity index (χ2v) is 4.38. The van der Waals surface area contributed by atoms with E-state index in [1.807, 2.05) is 0 Å². The molecule has 0 amide bonds. The van der Waals surface area contributed by atoms with Crippen molar-refractivity contribution in [2.75, 3.05) is 0 Å². The van der Waals surface area contributed by atoms with Gasteiger partial charge in [-0.1, -0.05) is 0 Å². The van der Waals surface area contributed by atoms with Gasteiger partial charge in [-0.05, 0) is 13.0 Å². The molecule has 1 rings (SSSR count). The minimum atomic E-state index is -2.57. The molecule has 7 N–H and O–H groups in total. The van der Waals surface area contributed by atoms with E-state index in [1.165, 1.54) is 0 Å². The molecule has 8 heteroatoms. The first-order chi connectivity index (χ1) is 8.12. The van der Waals surface area contributed by atoms with Gasteiger partial charge >= 0.3 is 5.97 Å². The third-order valence-electron chi connectivity index (χ3n) is 3.08. The zero-order valence-corrected chi connectivity index (χ0v) is 9.50. The first-order valence-corrected chi connectivity index (χ1v) is 5.18. The molecular formula is C10H16O8. The molecule has 1 aliphatic carbocycles. The summed E-state index contributed by atoms with van der Waals surface area (Å²) in [5.41, 5.74) is -2.97. The lowest BCUT2D eigenvalue weighted by Crippen LogP contribution is -2.70. The zero-order valence-electron chi connectivity index (χ0n) is 9.50. The van der Waals surface area contributed by atoms with E-state index in [1.54, 1.807) is 0 Å². The number of aliphatic carboxylic acids is 1. The molecule has 1 aliphatic rings. The van der Waals surface area contributed by atoms with Crippen LogP contribution in [0.2, 0.25) is 0 Å². The van der Waals surface area contributed by atoms with Gasteiger partial charge in [0.15, 0.2) is 0 Å². The molecule has 0 aliphatic heterocycles. The highest BCUT2D eigenvalue weighted by Gasteiger charge is 2.56. The summed E-state index contributed by atoms with van der Waals surface area (Å²) in [4.78, 5) is 10.6. The predicted octanol–water partition coefficient (Wildman–Crippen LogP) is -3.43. The van der Waals surface area contributed by atoms with Crippen LogP contribution >= 0.6 is 0 Å². The van der Waals surface area contributed by atoms with Crippen molar-refractivity contribution in [3.8, 4) is 0 Å². The smallest absolute Gasteiger partial charge is 0.331 e. The van der Waals surface area contributed by atoms with E-state index in [4.69, 9.17) is 5.11 Å². The van der Waals surface area contributed by atoms with Gasteiger partial charge in [-0.25, -0.2) is 4.79 Å². The minimum Gasteiger partial charge on any atom is -0.478 e. The molecule has 2 unspecified atom stereocenters. The van der Waals surface area contributed by atoms with Crippen LogP contribution in [0.1, 0.15) is 6.92 Å². The van der Waals surface area contributed by atoms with Crippen molar-refractivity contribution in [2.24, 2.45) is 0 Å². The van der Waals surface area contributed by atoms with Crippen molar-refractivity contribution in [3.05, 3.63) is 11.6 Å². The Morgan fingerprint density at radius 2 is 1.39 bits per heavy atom. The standard InChI is InChI=1S/C10H16O8/c1-3(9(16)17)2-10(18)7(14)5(12)4(11)6(13)8(10)15/h2,4-8,11-15,18H,1H3,(H,16,17)/t4?,5-,6+,7-,8-,10?/m1/s1. The van der Waals surface area contributed by atoms with Crippen LogP contribution in [-0.4, -0.2) is 77.8 Å². The molecule has 0 radical (unpaired) electrons. The maximum atomic E-state index is 10.6. The number of rotatable bonds is 2. The highest BCUT2D eigenvalue weighted by Crippen LogP contribution is 2.32. The SMILES string of the molecule is CC(=CC1(O)[C@H](O)[C@H](O)C(O)[C@H](O)[C@H]1O)C(=O)O. The second-order valence-electron chi connectivity index (χ2n) is 4.38. The van der Waals surface area contributed by atoms with E-state index in [0.29, 0.717) is 6.08 Å². The molecule has 1 saturated carbocycles. The summed E-state index contributed by atoms with van der Waals surface area (Å²) in [5, 5.41) is 66.0. The topological polar surface area (TPSA) is 159 Å². The number of hydrogen-bond donors (Lipinski definition) is 7. The van der Waals surface area contributed by atoms with Crippen LogP contribution in [0.25, 0.3) is 0 Å². The lowest BCUT2D eigenvalue weighted by Gasteiger charge is -2.46. The maximum Gasteiger partial charge on any atom is 0.331 e. The largest absolute Gasteiger partial charge is 0.478 e. The van der Waals surface area contributed by atoms with Gasteiger partial charge in [0.25, 0.3) is 0 Å². The first-order valence-electron chi connectivity index (χ1n) is 5.18. The van der Waals surface area contributed by atoms with E-state index < -0.39 is 47.7 Å². The van der Waals surface area contributed by atoms with Gasteiger partial charge < -0.3 is 35.7 Å². The monoisotopic (exact) mass is 264 g/mol. The highest BCUT2D eigenvalue weighted by molar-refractivity contribution is 5.86. The van der Waals surface area contributed by atoms with Crippen LogP contribution in [0.3, 0.4) is 0 Å². The summed E-state index contributed by atoms with van der Waals surface area (Å²) in [7, 11) is 0. The second kappa shape index (κ2) is 4.92. The van der Waals surface area contributed by atoms with E-state index in [0.717, 1.165) is 6.92 Å². The van der Waals surface area contributed by atoms with Crippen LogP contribution in [0.15, 0.2) is 11.6 Å². The molecule has 0 aromatic heterocycles. The van der Waals surface area contributed by atoms with Crippen LogP contribution in [0, 0.1) is 0 Å². The van der Waals surface area contributed by atoms with Crippen LogP contribution in [0.4, 0.5) is 0 Å². The van der Waals surface area contributed by atoms with Crippen molar-refractivity contribution in [1.82, 2.24) is 0 Å². The fraction of sp³-hybridized carbons (Fsp3) is 0.700. The number of aliphatic hydroxyl groups excluding tert-OH is 5. The van der Waals surface area contributed by atoms with Crippen molar-refractivity contribution in [1.29, 1.82) is 0 Å². The molecule has 6 atom stereocenters. The molecule has 8 nitrogen and oxygen atoms in total. The average molecular weight is 264 g/mol. The van der Waals surface area contributed by atoms with E-state index >= 15 is 0 Å². The van der Waals surface area contributed by atoms with Gasteiger partial charge in [-0.15, -0.1) is 0 Å². The quantitative estimate of drug-likeness (QED) is 0.254. The Labute approximate surface area is 102 Å². The fourth-order valence-electron chi connectivity index (χ4n) is 1.88. The van der Waals surface area contributed by atoms with Crippen molar-refractivity contribution >= 4 is 5.97 Å². The van der Waals surface area contributed by atoms with Crippen LogP contribution in [0.5, 0.6) is 0 Å². The van der Waals surface area contributed by atoms with Crippen molar-refractivity contribution in [2.45, 2.75) is 43.0 Å². The maximum absolute atomic E-state index is 10.6. The molecule has 0 spiro atoms. The number of hydrogen-bond acceptors (Lipinski definition) is 7. The molecule has 0 aromatic rings. The lowest BCUT2D eigenvalue weighted by molar-refractivity contribution is -0.251. The Hall–Kier alpha value is -1.03. The van der Waals surface area contributed by atoms with E-state index in [9.17, 15) is 35.4 Å². The van der Waals surface area contributed by atoms with Gasteiger partial charge in [0.05, 0.1) is 0 Å². The van der Waals surface area contributed by atoms with Crippen molar-refractivity contribution in [3.63, 3.8) is 0 Å². The Morgan fingerprint density at radius 3 is 1.72 bits per heavy atom. The summed E-state index contributed by atoms with van der Waals surface area (Å²) < 4.78 is 0. The average Bonchev–Trinajstić information content (AvgIpc) is 2.32. The van der Waals surface area contributed by atoms with Gasteiger partial charge in [-0.3, -0.25) is 0 Å². The summed E-state index contributed by atoms with van der Waals surface area (Å²) in [6.07, 6.45) is -9.16. The summed E-state index contributed by atoms with van der Waals surface area (Å²) >= 11 is 0. The lowest BCUT2D eigenvalue weighted by atomic mass is 9.74. The summed E-state index contributed by atoms with van der Waals surface area (Å²) in [6, 6.07) is 0. The van der Waals surface area contributed by atoms with Crippen LogP contribution in [-0.2, 0) is 4.79 Å². The number of carbonyl (C=O) groups is 1. The Bertz CT molecular complexity index is 349. The van der Waals surface area contributed by atoms with Crippen molar-refractivity contribution < 1.29 is 40.5 Å². The molecule has 104 valence electrons. The fourth-order valence-corrected chi connectivity index (χ4v) is 1.88. The predicted molar refractivity (Wildman–Crippen MR) is 56.4 cm³/mol. The minimum absolute atomic E-state index is 0.397. The van der Waals surface area contributed by atoms with Gasteiger partial charge in [0.2, 0.25) is 0 Å². The molecule has 0 bridgehead atoms. The van der Waals surface area contributed by atoms with E-state index in [-0.39, 0.29) is 0 Å². The summed E-state index contributed by atoms with van der Waals surface area (Å²) in [6.45, 7) is 1.10. The zero-order chi connectivity index (χ0) is 14.2. The molecule has 0 aromatic carbocycles. The van der Waals surface area contributed by atoms with Gasteiger partial charge in [0.1, 0.15) is 36.1 Å². The first kappa shape index (κ1) is 15.0. The highest BCUT2D eigenvalue weighted by atomic mass is 16.4. The van der Waals surface area contributed by atoms with Crippen LogP contribution < -0.4 is 0 Å². The Morgan fingerprint density at radius 1 is 1.00 bits per heavy atom. The molecular weight excluding hydrogens is 248 g/mol. The number of aliphatic hydroxyl groups is 6. The van der Waals surface area contributed by atoms with E-state index in [2.05, 4.69) is 0 Å². The Kier molecular flexibility index (Phi) is 4.11.